The van der Waals surface area contributed by atoms with Crippen LogP contribution in [0, 0.1) is 0 Å². The SMILES string of the molecule is C=CCCOP(=O)(O)OCCC=C. The first-order chi connectivity index (χ1) is 6.12. The van der Waals surface area contributed by atoms with Crippen molar-refractivity contribution in [3.8, 4) is 0 Å². The Hall–Kier alpha value is -0.410. The van der Waals surface area contributed by atoms with Crippen molar-refractivity contribution in [3.05, 3.63) is 25.3 Å². The average Bonchev–Trinajstić information content (AvgIpc) is 2.05. The van der Waals surface area contributed by atoms with Gasteiger partial charge >= 0.3 is 7.82 Å². The summed E-state index contributed by atoms with van der Waals surface area (Å²) in [5.41, 5.74) is 0. The summed E-state index contributed by atoms with van der Waals surface area (Å²) >= 11 is 0. The van der Waals surface area contributed by atoms with E-state index in [1.165, 1.54) is 0 Å². The third-order valence-corrected chi connectivity index (χ3v) is 2.17. The topological polar surface area (TPSA) is 55.8 Å². The Morgan fingerprint density at radius 3 is 1.85 bits per heavy atom. The number of phosphoric ester groups is 1. The quantitative estimate of drug-likeness (QED) is 0.376. The molecule has 0 saturated heterocycles. The fraction of sp³-hybridized carbons (Fsp3) is 0.500. The minimum Gasteiger partial charge on any atom is -0.302 e. The molecule has 5 heteroatoms. The highest BCUT2D eigenvalue weighted by Gasteiger charge is 2.19. The zero-order valence-corrected chi connectivity index (χ0v) is 8.41. The highest BCUT2D eigenvalue weighted by atomic mass is 31.2. The van der Waals surface area contributed by atoms with Gasteiger partial charge in [-0.2, -0.15) is 0 Å². The summed E-state index contributed by atoms with van der Waals surface area (Å²) < 4.78 is 20.2. The third-order valence-electron chi connectivity index (χ3n) is 1.15. The van der Waals surface area contributed by atoms with E-state index < -0.39 is 7.82 Å². The average molecular weight is 206 g/mol. The molecule has 0 fully saturated rings. The number of rotatable bonds is 8. The van der Waals surface area contributed by atoms with Crippen LogP contribution in [0.15, 0.2) is 25.3 Å². The van der Waals surface area contributed by atoms with E-state index in [4.69, 9.17) is 4.89 Å². The maximum absolute atomic E-state index is 11.0. The van der Waals surface area contributed by atoms with Crippen LogP contribution in [-0.4, -0.2) is 18.1 Å². The molecule has 0 bridgehead atoms. The third kappa shape index (κ3) is 7.94. The van der Waals surface area contributed by atoms with Crippen molar-refractivity contribution in [2.75, 3.05) is 13.2 Å². The molecule has 0 unspecified atom stereocenters. The standard InChI is InChI=1S/C8H15O4P/c1-3-5-7-11-13(9,10)12-8-6-4-2/h3-4H,1-2,5-8H2,(H,9,10). The second kappa shape index (κ2) is 7.04. The molecule has 0 rings (SSSR count). The number of phosphoric acid groups is 1. The van der Waals surface area contributed by atoms with Gasteiger partial charge in [-0.1, -0.05) is 12.2 Å². The van der Waals surface area contributed by atoms with Crippen LogP contribution in [0.3, 0.4) is 0 Å². The van der Waals surface area contributed by atoms with E-state index >= 15 is 0 Å². The highest BCUT2D eigenvalue weighted by molar-refractivity contribution is 7.47. The van der Waals surface area contributed by atoms with Crippen LogP contribution in [0.1, 0.15) is 12.8 Å². The number of hydrogen-bond donors (Lipinski definition) is 1. The minimum atomic E-state index is -3.85. The Bertz CT molecular complexity index is 184. The van der Waals surface area contributed by atoms with E-state index in [9.17, 15) is 4.57 Å². The number of hydrogen-bond acceptors (Lipinski definition) is 3. The smallest absolute Gasteiger partial charge is 0.302 e. The van der Waals surface area contributed by atoms with Crippen molar-refractivity contribution in [1.29, 1.82) is 0 Å². The van der Waals surface area contributed by atoms with E-state index in [2.05, 4.69) is 22.2 Å². The molecule has 1 N–H and O–H groups in total. The lowest BCUT2D eigenvalue weighted by molar-refractivity contribution is 0.153. The van der Waals surface area contributed by atoms with Crippen LogP contribution in [0.2, 0.25) is 0 Å². The molecule has 0 aliphatic heterocycles. The molecule has 76 valence electrons. The Kier molecular flexibility index (Phi) is 6.82. The van der Waals surface area contributed by atoms with Gasteiger partial charge in [-0.25, -0.2) is 4.57 Å². The summed E-state index contributed by atoms with van der Waals surface area (Å²) in [4.78, 5) is 9.01. The van der Waals surface area contributed by atoms with E-state index in [0.717, 1.165) is 0 Å². The first-order valence-corrected chi connectivity index (χ1v) is 5.45. The lowest BCUT2D eigenvalue weighted by Crippen LogP contribution is -1.97. The van der Waals surface area contributed by atoms with Gasteiger partial charge in [0.15, 0.2) is 0 Å². The molecule has 0 aromatic rings. The Balaban J connectivity index is 3.59. The Labute approximate surface area is 78.5 Å². The molecule has 0 saturated carbocycles. The minimum absolute atomic E-state index is 0.144. The van der Waals surface area contributed by atoms with E-state index in [1.807, 2.05) is 0 Å². The molecule has 0 atom stereocenters. The summed E-state index contributed by atoms with van der Waals surface area (Å²) in [7, 11) is -3.85. The predicted octanol–water partition coefficient (Wildman–Crippen LogP) is 2.27. The molecular formula is C8H15O4P. The van der Waals surface area contributed by atoms with Crippen molar-refractivity contribution in [2.24, 2.45) is 0 Å². The second-order valence-corrected chi connectivity index (χ2v) is 3.74. The molecular weight excluding hydrogens is 191 g/mol. The molecule has 13 heavy (non-hydrogen) atoms. The van der Waals surface area contributed by atoms with Gasteiger partial charge in [-0.15, -0.1) is 13.2 Å². The summed E-state index contributed by atoms with van der Waals surface area (Å²) in [6.45, 7) is 7.19. The summed E-state index contributed by atoms with van der Waals surface area (Å²) in [5, 5.41) is 0. The van der Waals surface area contributed by atoms with Crippen LogP contribution >= 0.6 is 7.82 Å². The molecule has 0 radical (unpaired) electrons. The fourth-order valence-electron chi connectivity index (χ4n) is 0.540. The monoisotopic (exact) mass is 206 g/mol. The summed E-state index contributed by atoms with van der Waals surface area (Å²) in [6, 6.07) is 0. The highest BCUT2D eigenvalue weighted by Crippen LogP contribution is 2.43. The van der Waals surface area contributed by atoms with E-state index in [1.54, 1.807) is 12.2 Å². The molecule has 0 amide bonds. The van der Waals surface area contributed by atoms with Crippen LogP contribution < -0.4 is 0 Å². The van der Waals surface area contributed by atoms with Crippen molar-refractivity contribution in [2.45, 2.75) is 12.8 Å². The van der Waals surface area contributed by atoms with Crippen molar-refractivity contribution in [3.63, 3.8) is 0 Å². The van der Waals surface area contributed by atoms with Gasteiger partial charge < -0.3 is 4.89 Å². The van der Waals surface area contributed by atoms with Crippen LogP contribution in [-0.2, 0) is 13.6 Å². The lowest BCUT2D eigenvalue weighted by atomic mass is 10.5. The van der Waals surface area contributed by atoms with Gasteiger partial charge in [0.2, 0.25) is 0 Å². The summed E-state index contributed by atoms with van der Waals surface area (Å²) in [6.07, 6.45) is 4.25. The Morgan fingerprint density at radius 2 is 1.54 bits per heavy atom. The zero-order valence-electron chi connectivity index (χ0n) is 7.52. The molecule has 4 nitrogen and oxygen atoms in total. The lowest BCUT2D eigenvalue weighted by Gasteiger charge is -2.10. The van der Waals surface area contributed by atoms with Crippen LogP contribution in [0.25, 0.3) is 0 Å². The zero-order chi connectivity index (χ0) is 10.2. The van der Waals surface area contributed by atoms with Gasteiger partial charge in [-0.05, 0) is 12.8 Å². The predicted molar refractivity (Wildman–Crippen MR) is 51.4 cm³/mol. The van der Waals surface area contributed by atoms with Crippen molar-refractivity contribution >= 4 is 7.82 Å². The van der Waals surface area contributed by atoms with Gasteiger partial charge in [-0.3, -0.25) is 9.05 Å². The van der Waals surface area contributed by atoms with Gasteiger partial charge in [0.05, 0.1) is 13.2 Å². The van der Waals surface area contributed by atoms with Crippen molar-refractivity contribution < 1.29 is 18.5 Å². The Morgan fingerprint density at radius 1 is 1.15 bits per heavy atom. The largest absolute Gasteiger partial charge is 0.472 e. The molecule has 0 aliphatic carbocycles. The van der Waals surface area contributed by atoms with E-state index in [-0.39, 0.29) is 13.2 Å². The first-order valence-electron chi connectivity index (χ1n) is 3.96. The first kappa shape index (κ1) is 12.6. The van der Waals surface area contributed by atoms with Crippen LogP contribution in [0.5, 0.6) is 0 Å². The molecule has 0 aromatic heterocycles. The second-order valence-electron chi connectivity index (χ2n) is 2.29. The maximum atomic E-state index is 11.0. The fourth-order valence-corrected chi connectivity index (χ4v) is 1.29. The van der Waals surface area contributed by atoms with Gasteiger partial charge in [0.1, 0.15) is 0 Å². The molecule has 0 aromatic carbocycles. The summed E-state index contributed by atoms with van der Waals surface area (Å²) in [5.74, 6) is 0. The normalized spacial score (nSPS) is 11.2. The van der Waals surface area contributed by atoms with Crippen molar-refractivity contribution in [1.82, 2.24) is 0 Å². The van der Waals surface area contributed by atoms with Gasteiger partial charge in [0, 0.05) is 0 Å². The maximum Gasteiger partial charge on any atom is 0.472 e. The molecule has 0 aliphatic rings. The van der Waals surface area contributed by atoms with Crippen LogP contribution in [0.4, 0.5) is 0 Å². The molecule has 0 spiro atoms. The molecule has 0 heterocycles. The van der Waals surface area contributed by atoms with Gasteiger partial charge in [0.25, 0.3) is 0 Å². The van der Waals surface area contributed by atoms with E-state index in [0.29, 0.717) is 12.8 Å².